The molecule has 1 aromatic rings. The van der Waals surface area contributed by atoms with Gasteiger partial charge in [0.25, 0.3) is 0 Å². The Balaban J connectivity index is 1.81. The van der Waals surface area contributed by atoms with Gasteiger partial charge in [-0.3, -0.25) is 9.78 Å². The number of hydrogen-bond acceptors (Lipinski definition) is 5. The fourth-order valence-electron chi connectivity index (χ4n) is 3.10. The van der Waals surface area contributed by atoms with E-state index in [9.17, 15) is 4.79 Å². The lowest BCUT2D eigenvalue weighted by molar-refractivity contribution is -0.129. The molecule has 130 valence electrons. The van der Waals surface area contributed by atoms with Gasteiger partial charge < -0.3 is 19.1 Å². The highest BCUT2D eigenvalue weighted by Crippen LogP contribution is 2.37. The molecule has 7 heteroatoms. The van der Waals surface area contributed by atoms with Crippen LogP contribution in [0.5, 0.6) is 0 Å². The first-order chi connectivity index (χ1) is 11.2. The molecule has 0 atom stereocenters. The van der Waals surface area contributed by atoms with E-state index in [1.165, 1.54) is 0 Å². The molecule has 0 unspecified atom stereocenters. The Labute approximate surface area is 144 Å². The molecule has 2 saturated heterocycles. The average Bonchev–Trinajstić information content (AvgIpc) is 2.75. The summed E-state index contributed by atoms with van der Waals surface area (Å²) < 4.78 is 12.4. The molecule has 3 heterocycles. The molecular weight excluding hydrogens is 305 g/mol. The quantitative estimate of drug-likeness (QED) is 0.759. The molecule has 0 N–H and O–H groups in total. The molecule has 0 aliphatic carbocycles. The van der Waals surface area contributed by atoms with Crippen molar-refractivity contribution >= 4 is 24.2 Å². The molecule has 0 bridgehead atoms. The van der Waals surface area contributed by atoms with Crippen LogP contribution in [0.3, 0.4) is 0 Å². The summed E-state index contributed by atoms with van der Waals surface area (Å²) in [4.78, 5) is 20.0. The van der Waals surface area contributed by atoms with Crippen molar-refractivity contribution in [3.05, 3.63) is 18.5 Å². The molecule has 0 radical (unpaired) electrons. The Kier molecular flexibility index (Phi) is 4.34. The van der Waals surface area contributed by atoms with Gasteiger partial charge in [-0.25, -0.2) is 0 Å². The number of hydrogen-bond donors (Lipinski definition) is 0. The van der Waals surface area contributed by atoms with Crippen molar-refractivity contribution in [2.24, 2.45) is 0 Å². The fraction of sp³-hybridized carbons (Fsp3) is 0.647. The molecule has 0 spiro atoms. The maximum Gasteiger partial charge on any atom is 0.498 e. The fourth-order valence-corrected chi connectivity index (χ4v) is 3.10. The lowest BCUT2D eigenvalue weighted by atomic mass is 9.78. The SMILES string of the molecule is CC(=O)N1CCN(c2ccncc2B2OC(C)(C)C(C)(C)O2)CC1. The topological polar surface area (TPSA) is 54.9 Å². The maximum absolute atomic E-state index is 11.5. The molecule has 24 heavy (non-hydrogen) atoms. The maximum atomic E-state index is 11.5. The van der Waals surface area contributed by atoms with Crippen LogP contribution in [0, 0.1) is 0 Å². The van der Waals surface area contributed by atoms with E-state index >= 15 is 0 Å². The lowest BCUT2D eigenvalue weighted by Crippen LogP contribution is -2.50. The molecular formula is C17H26BN3O3. The Morgan fingerprint density at radius 2 is 1.71 bits per heavy atom. The Bertz CT molecular complexity index is 611. The Morgan fingerprint density at radius 1 is 1.12 bits per heavy atom. The molecule has 0 aromatic carbocycles. The van der Waals surface area contributed by atoms with Crippen LogP contribution in [-0.4, -0.2) is 60.3 Å². The zero-order valence-electron chi connectivity index (χ0n) is 15.2. The number of nitrogens with zero attached hydrogens (tertiary/aromatic N) is 3. The Hall–Kier alpha value is -1.60. The van der Waals surface area contributed by atoms with Crippen LogP contribution in [0.15, 0.2) is 18.5 Å². The lowest BCUT2D eigenvalue weighted by Gasteiger charge is -2.36. The van der Waals surface area contributed by atoms with E-state index in [2.05, 4.69) is 37.6 Å². The summed E-state index contributed by atoms with van der Waals surface area (Å²) in [5, 5.41) is 0. The Morgan fingerprint density at radius 3 is 2.25 bits per heavy atom. The number of piperazine rings is 1. The van der Waals surface area contributed by atoms with Crippen LogP contribution in [0.2, 0.25) is 0 Å². The van der Waals surface area contributed by atoms with Crippen molar-refractivity contribution in [2.75, 3.05) is 31.1 Å². The largest absolute Gasteiger partial charge is 0.498 e. The van der Waals surface area contributed by atoms with Crippen molar-refractivity contribution in [1.29, 1.82) is 0 Å². The zero-order chi connectivity index (χ0) is 17.5. The second kappa shape index (κ2) is 6.04. The van der Waals surface area contributed by atoms with Crippen molar-refractivity contribution in [2.45, 2.75) is 45.8 Å². The third-order valence-corrected chi connectivity index (χ3v) is 5.40. The van der Waals surface area contributed by atoms with Crippen molar-refractivity contribution in [1.82, 2.24) is 9.88 Å². The second-order valence-electron chi connectivity index (χ2n) is 7.52. The van der Waals surface area contributed by atoms with Crippen LogP contribution in [0.4, 0.5) is 5.69 Å². The van der Waals surface area contributed by atoms with E-state index < -0.39 is 7.12 Å². The van der Waals surface area contributed by atoms with Gasteiger partial charge in [-0.1, -0.05) is 0 Å². The number of carbonyl (C=O) groups excluding carboxylic acids is 1. The molecule has 1 amide bonds. The van der Waals surface area contributed by atoms with Gasteiger partial charge in [0.1, 0.15) is 0 Å². The van der Waals surface area contributed by atoms with Gasteiger partial charge >= 0.3 is 7.12 Å². The third-order valence-electron chi connectivity index (χ3n) is 5.40. The number of pyridine rings is 1. The van der Waals surface area contributed by atoms with Crippen molar-refractivity contribution in [3.63, 3.8) is 0 Å². The summed E-state index contributed by atoms with van der Waals surface area (Å²) in [5.41, 5.74) is 1.27. The van der Waals surface area contributed by atoms with Gasteiger partial charge in [-0.2, -0.15) is 0 Å². The van der Waals surface area contributed by atoms with Gasteiger partial charge in [-0.15, -0.1) is 0 Å². The van der Waals surface area contributed by atoms with Gasteiger partial charge in [0.2, 0.25) is 5.91 Å². The summed E-state index contributed by atoms with van der Waals surface area (Å²) in [7, 11) is -0.426. The number of amides is 1. The molecule has 2 aliphatic rings. The van der Waals surface area contributed by atoms with E-state index in [4.69, 9.17) is 9.31 Å². The van der Waals surface area contributed by atoms with Crippen molar-refractivity contribution in [3.8, 4) is 0 Å². The zero-order valence-corrected chi connectivity index (χ0v) is 15.2. The highest BCUT2D eigenvalue weighted by Gasteiger charge is 2.52. The molecule has 6 nitrogen and oxygen atoms in total. The predicted molar refractivity (Wildman–Crippen MR) is 94.4 cm³/mol. The summed E-state index contributed by atoms with van der Waals surface area (Å²) in [6.45, 7) is 12.9. The first-order valence-corrected chi connectivity index (χ1v) is 8.51. The standard InChI is InChI=1S/C17H26BN3O3/c1-13(22)20-8-10-21(11-9-20)15-6-7-19-12-14(15)18-23-16(2,3)17(4,5)24-18/h6-7,12H,8-11H2,1-5H3. The van der Waals surface area contributed by atoms with E-state index in [1.807, 2.05) is 17.2 Å². The summed E-state index contributed by atoms with van der Waals surface area (Å²) in [6, 6.07) is 2.00. The predicted octanol–water partition coefficient (Wildman–Crippen LogP) is 1.05. The van der Waals surface area contributed by atoms with Gasteiger partial charge in [0.05, 0.1) is 11.2 Å². The van der Waals surface area contributed by atoms with E-state index in [0.29, 0.717) is 0 Å². The first-order valence-electron chi connectivity index (χ1n) is 8.51. The normalized spacial score (nSPS) is 22.8. The first kappa shape index (κ1) is 17.2. The minimum atomic E-state index is -0.426. The molecule has 3 rings (SSSR count). The van der Waals surface area contributed by atoms with Crippen LogP contribution >= 0.6 is 0 Å². The highest BCUT2D eigenvalue weighted by atomic mass is 16.7. The van der Waals surface area contributed by atoms with Crippen LogP contribution < -0.4 is 10.4 Å². The second-order valence-corrected chi connectivity index (χ2v) is 7.52. The van der Waals surface area contributed by atoms with Crippen molar-refractivity contribution < 1.29 is 14.1 Å². The number of anilines is 1. The van der Waals surface area contributed by atoms with Gasteiger partial charge in [0.15, 0.2) is 0 Å². The van der Waals surface area contributed by atoms with Crippen LogP contribution in [0.1, 0.15) is 34.6 Å². The van der Waals surface area contributed by atoms with E-state index in [1.54, 1.807) is 13.1 Å². The minimum Gasteiger partial charge on any atom is -0.399 e. The van der Waals surface area contributed by atoms with Crippen LogP contribution in [0.25, 0.3) is 0 Å². The van der Waals surface area contributed by atoms with E-state index in [0.717, 1.165) is 37.3 Å². The molecule has 2 fully saturated rings. The highest BCUT2D eigenvalue weighted by molar-refractivity contribution is 6.63. The number of rotatable bonds is 2. The molecule has 0 saturated carbocycles. The molecule has 1 aromatic heterocycles. The van der Waals surface area contributed by atoms with E-state index in [-0.39, 0.29) is 17.1 Å². The number of aromatic nitrogens is 1. The van der Waals surface area contributed by atoms with Gasteiger partial charge in [-0.05, 0) is 33.8 Å². The number of carbonyl (C=O) groups is 1. The smallest absolute Gasteiger partial charge is 0.399 e. The third kappa shape index (κ3) is 3.02. The molecule has 2 aliphatic heterocycles. The minimum absolute atomic E-state index is 0.135. The summed E-state index contributed by atoms with van der Waals surface area (Å²) >= 11 is 0. The van der Waals surface area contributed by atoms with Gasteiger partial charge in [0, 0.05) is 56.6 Å². The summed E-state index contributed by atoms with van der Waals surface area (Å²) in [6.07, 6.45) is 3.62. The average molecular weight is 331 g/mol. The van der Waals surface area contributed by atoms with Crippen LogP contribution in [-0.2, 0) is 14.1 Å². The summed E-state index contributed by atoms with van der Waals surface area (Å²) in [5.74, 6) is 0.135. The monoisotopic (exact) mass is 331 g/mol.